The average Bonchev–Trinajstić information content (AvgIpc) is 3.35. The molecule has 2 unspecified atom stereocenters. The summed E-state index contributed by atoms with van der Waals surface area (Å²) >= 11 is 0. The molecule has 1 aromatic carbocycles. The molecule has 2 saturated heterocycles. The van der Waals surface area contributed by atoms with Crippen molar-refractivity contribution < 1.29 is 4.74 Å². The van der Waals surface area contributed by atoms with E-state index in [0.717, 1.165) is 57.6 Å². The first-order chi connectivity index (χ1) is 15.6. The quantitative estimate of drug-likeness (QED) is 0.381. The maximum absolute atomic E-state index is 5.54. The zero-order valence-electron chi connectivity index (χ0n) is 20.7. The second kappa shape index (κ2) is 12.6. The lowest BCUT2D eigenvalue weighted by Gasteiger charge is -2.38. The van der Waals surface area contributed by atoms with Crippen LogP contribution >= 0.6 is 0 Å². The minimum atomic E-state index is 0.0274. The molecule has 32 heavy (non-hydrogen) atoms. The maximum atomic E-state index is 5.54. The molecule has 6 heteroatoms. The molecule has 2 fully saturated rings. The Morgan fingerprint density at radius 3 is 2.47 bits per heavy atom. The predicted octanol–water partition coefficient (Wildman–Crippen LogP) is 3.56. The van der Waals surface area contributed by atoms with Gasteiger partial charge in [0.25, 0.3) is 0 Å². The van der Waals surface area contributed by atoms with Crippen LogP contribution in [0.15, 0.2) is 35.3 Å². The zero-order chi connectivity index (χ0) is 22.8. The topological polar surface area (TPSA) is 60.9 Å². The number of hydrogen-bond donors (Lipinski definition) is 3. The van der Waals surface area contributed by atoms with Gasteiger partial charge in [-0.15, -0.1) is 0 Å². The van der Waals surface area contributed by atoms with Gasteiger partial charge in [-0.05, 0) is 50.5 Å². The van der Waals surface area contributed by atoms with Crippen molar-refractivity contribution in [1.82, 2.24) is 20.9 Å². The number of nitrogens with zero attached hydrogens (tertiary/aromatic N) is 2. The average molecular weight is 444 g/mol. The molecule has 2 aliphatic rings. The third-order valence-corrected chi connectivity index (χ3v) is 7.46. The Morgan fingerprint density at radius 1 is 1.16 bits per heavy atom. The highest BCUT2D eigenvalue weighted by Gasteiger charge is 2.29. The highest BCUT2D eigenvalue weighted by molar-refractivity contribution is 5.80. The number of ether oxygens (including phenoxy) is 1. The normalized spacial score (nSPS) is 22.1. The Balaban J connectivity index is 1.46. The van der Waals surface area contributed by atoms with Crippen molar-refractivity contribution in [3.8, 4) is 0 Å². The first-order valence-corrected chi connectivity index (χ1v) is 12.7. The van der Waals surface area contributed by atoms with E-state index in [1.165, 1.54) is 31.4 Å². The summed E-state index contributed by atoms with van der Waals surface area (Å²) in [6, 6.07) is 11.5. The van der Waals surface area contributed by atoms with Crippen LogP contribution in [0.3, 0.4) is 0 Å². The van der Waals surface area contributed by atoms with E-state index in [0.29, 0.717) is 12.1 Å². The van der Waals surface area contributed by atoms with Crippen LogP contribution in [0.5, 0.6) is 0 Å². The second-order valence-electron chi connectivity index (χ2n) is 9.64. The Morgan fingerprint density at radius 2 is 1.88 bits per heavy atom. The summed E-state index contributed by atoms with van der Waals surface area (Å²) in [7, 11) is 1.88. The standard InChI is InChI=1S/C26H45N5O/c1-5-26(6-2,30-21(3)23-10-8-7-9-11-23)20-28-25(27-4)29-24-12-15-31(16-13-24)18-22-14-17-32-19-22/h7-11,21-22,24,30H,5-6,12-20H2,1-4H3,(H2,27,28,29). The van der Waals surface area contributed by atoms with Gasteiger partial charge >= 0.3 is 0 Å². The van der Waals surface area contributed by atoms with Crippen LogP contribution in [0.4, 0.5) is 0 Å². The molecule has 0 bridgehead atoms. The van der Waals surface area contributed by atoms with E-state index in [1.807, 2.05) is 7.05 Å². The van der Waals surface area contributed by atoms with E-state index >= 15 is 0 Å². The maximum Gasteiger partial charge on any atom is 0.191 e. The SMILES string of the molecule is CCC(CC)(CNC(=NC)NC1CCN(CC2CCOC2)CC1)NC(C)c1ccccc1. The van der Waals surface area contributed by atoms with Gasteiger partial charge in [-0.3, -0.25) is 4.99 Å². The number of rotatable bonds is 10. The Kier molecular flexibility index (Phi) is 9.82. The first-order valence-electron chi connectivity index (χ1n) is 12.7. The third-order valence-electron chi connectivity index (χ3n) is 7.46. The van der Waals surface area contributed by atoms with Gasteiger partial charge in [0, 0.05) is 57.5 Å². The van der Waals surface area contributed by atoms with Gasteiger partial charge in [0.15, 0.2) is 5.96 Å². The van der Waals surface area contributed by atoms with Gasteiger partial charge in [-0.1, -0.05) is 44.2 Å². The first kappa shape index (κ1) is 25.0. The Hall–Kier alpha value is -1.63. The van der Waals surface area contributed by atoms with Crippen LogP contribution in [-0.4, -0.2) is 68.9 Å². The largest absolute Gasteiger partial charge is 0.381 e. The fourth-order valence-corrected chi connectivity index (χ4v) is 5.03. The molecule has 2 heterocycles. The molecule has 2 atom stereocenters. The van der Waals surface area contributed by atoms with Crippen molar-refractivity contribution in [2.45, 2.75) is 70.5 Å². The predicted molar refractivity (Wildman–Crippen MR) is 134 cm³/mol. The summed E-state index contributed by atoms with van der Waals surface area (Å²) in [5, 5.41) is 11.2. The lowest BCUT2D eigenvalue weighted by Crippen LogP contribution is -2.56. The van der Waals surface area contributed by atoms with Crippen molar-refractivity contribution in [1.29, 1.82) is 0 Å². The van der Waals surface area contributed by atoms with Crippen LogP contribution in [0.2, 0.25) is 0 Å². The summed E-state index contributed by atoms with van der Waals surface area (Å²) in [4.78, 5) is 7.14. The van der Waals surface area contributed by atoms with Gasteiger partial charge in [0.1, 0.15) is 0 Å². The number of piperidine rings is 1. The lowest BCUT2D eigenvalue weighted by molar-refractivity contribution is 0.150. The molecular weight excluding hydrogens is 398 g/mol. The number of hydrogen-bond acceptors (Lipinski definition) is 4. The molecule has 0 radical (unpaired) electrons. The molecule has 3 N–H and O–H groups in total. The molecule has 0 amide bonds. The molecule has 1 aromatic rings. The van der Waals surface area contributed by atoms with Crippen molar-refractivity contribution in [3.05, 3.63) is 35.9 Å². The van der Waals surface area contributed by atoms with E-state index in [9.17, 15) is 0 Å². The molecule has 6 nitrogen and oxygen atoms in total. The van der Waals surface area contributed by atoms with Gasteiger partial charge < -0.3 is 25.6 Å². The van der Waals surface area contributed by atoms with E-state index < -0.39 is 0 Å². The molecule has 0 aliphatic carbocycles. The summed E-state index contributed by atoms with van der Waals surface area (Å²) in [5.41, 5.74) is 1.36. The minimum absolute atomic E-state index is 0.0274. The highest BCUT2D eigenvalue weighted by Crippen LogP contribution is 2.22. The van der Waals surface area contributed by atoms with Crippen LogP contribution < -0.4 is 16.0 Å². The Labute approximate surface area is 195 Å². The van der Waals surface area contributed by atoms with Crippen molar-refractivity contribution in [2.75, 3.05) is 46.4 Å². The van der Waals surface area contributed by atoms with E-state index in [2.05, 4.69) is 76.9 Å². The third kappa shape index (κ3) is 7.19. The lowest BCUT2D eigenvalue weighted by atomic mass is 9.90. The molecule has 0 saturated carbocycles. The van der Waals surface area contributed by atoms with Gasteiger partial charge in [-0.2, -0.15) is 0 Å². The van der Waals surface area contributed by atoms with Crippen molar-refractivity contribution >= 4 is 5.96 Å². The number of benzene rings is 1. The summed E-state index contributed by atoms with van der Waals surface area (Å²) < 4.78 is 5.54. The van der Waals surface area contributed by atoms with Gasteiger partial charge in [0.05, 0.1) is 6.61 Å². The summed E-state index contributed by atoms with van der Waals surface area (Å²) in [6.45, 7) is 13.1. The van der Waals surface area contributed by atoms with Crippen LogP contribution in [0.1, 0.15) is 64.5 Å². The zero-order valence-corrected chi connectivity index (χ0v) is 20.7. The van der Waals surface area contributed by atoms with Crippen LogP contribution in [0.25, 0.3) is 0 Å². The monoisotopic (exact) mass is 443 g/mol. The molecule has 180 valence electrons. The van der Waals surface area contributed by atoms with E-state index in [1.54, 1.807) is 0 Å². The minimum Gasteiger partial charge on any atom is -0.381 e. The second-order valence-corrected chi connectivity index (χ2v) is 9.64. The molecule has 3 rings (SSSR count). The molecular formula is C26H45N5O. The fraction of sp³-hybridized carbons (Fsp3) is 0.731. The van der Waals surface area contributed by atoms with Crippen LogP contribution in [0, 0.1) is 5.92 Å². The van der Waals surface area contributed by atoms with E-state index in [-0.39, 0.29) is 5.54 Å². The Bertz CT molecular complexity index is 677. The number of likely N-dealkylation sites (tertiary alicyclic amines) is 1. The van der Waals surface area contributed by atoms with Crippen molar-refractivity contribution in [3.63, 3.8) is 0 Å². The fourth-order valence-electron chi connectivity index (χ4n) is 5.03. The van der Waals surface area contributed by atoms with E-state index in [4.69, 9.17) is 4.74 Å². The molecule has 2 aliphatic heterocycles. The van der Waals surface area contributed by atoms with Crippen molar-refractivity contribution in [2.24, 2.45) is 10.9 Å². The van der Waals surface area contributed by atoms with Crippen LogP contribution in [-0.2, 0) is 4.74 Å². The van der Waals surface area contributed by atoms with Gasteiger partial charge in [-0.25, -0.2) is 0 Å². The summed E-state index contributed by atoms with van der Waals surface area (Å²) in [6.07, 6.45) is 5.69. The van der Waals surface area contributed by atoms with Gasteiger partial charge in [0.2, 0.25) is 0 Å². The smallest absolute Gasteiger partial charge is 0.191 e. The summed E-state index contributed by atoms with van der Waals surface area (Å²) in [5.74, 6) is 1.66. The number of nitrogens with one attached hydrogen (secondary N) is 3. The number of guanidine groups is 1. The number of aliphatic imine (C=N–C) groups is 1. The molecule has 0 aromatic heterocycles. The highest BCUT2D eigenvalue weighted by atomic mass is 16.5. The molecule has 0 spiro atoms.